The van der Waals surface area contributed by atoms with Crippen LogP contribution in [0, 0.1) is 22.7 Å². The van der Waals surface area contributed by atoms with Crippen molar-refractivity contribution in [2.75, 3.05) is 5.43 Å². The van der Waals surface area contributed by atoms with Crippen LogP contribution < -0.4 is 5.43 Å². The topological polar surface area (TPSA) is 101 Å². The summed E-state index contributed by atoms with van der Waals surface area (Å²) in [6, 6.07) is 18.3. The second-order valence-corrected chi connectivity index (χ2v) is 4.48. The SMILES string of the molecule is N#C/C(=N\Nc1ccc(C#N)cc1)c1nc2ccccc2[nH]1. The van der Waals surface area contributed by atoms with E-state index in [4.69, 9.17) is 5.26 Å². The highest BCUT2D eigenvalue weighted by Gasteiger charge is 2.08. The van der Waals surface area contributed by atoms with E-state index in [0.29, 0.717) is 17.1 Å². The number of benzene rings is 2. The van der Waals surface area contributed by atoms with Crippen molar-refractivity contribution in [2.45, 2.75) is 0 Å². The van der Waals surface area contributed by atoms with Crippen molar-refractivity contribution in [3.8, 4) is 12.1 Å². The average molecular weight is 286 g/mol. The molecule has 0 amide bonds. The van der Waals surface area contributed by atoms with Crippen molar-refractivity contribution in [1.82, 2.24) is 9.97 Å². The highest BCUT2D eigenvalue weighted by atomic mass is 15.3. The standard InChI is InChI=1S/C16H10N6/c17-9-11-5-7-12(8-6-11)21-22-15(10-18)16-19-13-3-1-2-4-14(13)20-16/h1-8,21H,(H,19,20)/b22-15+. The third kappa shape index (κ3) is 2.62. The first-order chi connectivity index (χ1) is 10.8. The molecule has 22 heavy (non-hydrogen) atoms. The maximum atomic E-state index is 9.24. The van der Waals surface area contributed by atoms with Gasteiger partial charge < -0.3 is 4.98 Å². The van der Waals surface area contributed by atoms with E-state index in [1.165, 1.54) is 0 Å². The van der Waals surface area contributed by atoms with E-state index < -0.39 is 0 Å². The molecule has 0 bridgehead atoms. The number of hydrazone groups is 1. The monoisotopic (exact) mass is 286 g/mol. The molecule has 6 heteroatoms. The lowest BCUT2D eigenvalue weighted by Crippen LogP contribution is -2.03. The van der Waals surface area contributed by atoms with Gasteiger partial charge in [0.25, 0.3) is 0 Å². The lowest BCUT2D eigenvalue weighted by Gasteiger charge is -2.00. The van der Waals surface area contributed by atoms with E-state index in [0.717, 1.165) is 11.0 Å². The maximum Gasteiger partial charge on any atom is 0.203 e. The zero-order valence-corrected chi connectivity index (χ0v) is 11.4. The van der Waals surface area contributed by atoms with Crippen molar-refractivity contribution < 1.29 is 0 Å². The minimum Gasteiger partial charge on any atom is -0.336 e. The van der Waals surface area contributed by atoms with Crippen molar-refractivity contribution >= 4 is 22.4 Å². The molecular formula is C16H10N6. The van der Waals surface area contributed by atoms with Gasteiger partial charge in [0.2, 0.25) is 5.71 Å². The molecule has 2 N–H and O–H groups in total. The molecular weight excluding hydrogens is 276 g/mol. The molecule has 0 radical (unpaired) electrons. The summed E-state index contributed by atoms with van der Waals surface area (Å²) in [7, 11) is 0. The van der Waals surface area contributed by atoms with Gasteiger partial charge in [-0.3, -0.25) is 5.43 Å². The molecule has 104 valence electrons. The van der Waals surface area contributed by atoms with Gasteiger partial charge in [-0.1, -0.05) is 12.1 Å². The summed E-state index contributed by atoms with van der Waals surface area (Å²) in [6.45, 7) is 0. The molecule has 6 nitrogen and oxygen atoms in total. The van der Waals surface area contributed by atoms with Crippen LogP contribution in [0.15, 0.2) is 53.6 Å². The van der Waals surface area contributed by atoms with Crippen LogP contribution in [0.5, 0.6) is 0 Å². The van der Waals surface area contributed by atoms with Gasteiger partial charge in [0, 0.05) is 0 Å². The van der Waals surface area contributed by atoms with Crippen LogP contribution in [0.1, 0.15) is 11.4 Å². The lowest BCUT2D eigenvalue weighted by atomic mass is 10.2. The van der Waals surface area contributed by atoms with Crippen molar-refractivity contribution in [3.05, 3.63) is 59.9 Å². The molecule has 1 heterocycles. The van der Waals surface area contributed by atoms with Gasteiger partial charge in [0.05, 0.1) is 28.4 Å². The Morgan fingerprint density at radius 3 is 2.55 bits per heavy atom. The molecule has 0 saturated carbocycles. The van der Waals surface area contributed by atoms with Gasteiger partial charge in [0.15, 0.2) is 5.82 Å². The smallest absolute Gasteiger partial charge is 0.203 e. The Labute approximate surface area is 126 Å². The summed E-state index contributed by atoms with van der Waals surface area (Å²) in [6.07, 6.45) is 0. The third-order valence-corrected chi connectivity index (χ3v) is 3.03. The van der Waals surface area contributed by atoms with E-state index in [-0.39, 0.29) is 5.71 Å². The highest BCUT2D eigenvalue weighted by Crippen LogP contribution is 2.12. The van der Waals surface area contributed by atoms with Gasteiger partial charge in [-0.25, -0.2) is 4.98 Å². The van der Waals surface area contributed by atoms with Gasteiger partial charge >= 0.3 is 0 Å². The van der Waals surface area contributed by atoms with Gasteiger partial charge in [-0.15, -0.1) is 0 Å². The van der Waals surface area contributed by atoms with E-state index >= 15 is 0 Å². The molecule has 0 aliphatic heterocycles. The first-order valence-electron chi connectivity index (χ1n) is 6.49. The van der Waals surface area contributed by atoms with Crippen LogP contribution in [-0.4, -0.2) is 15.7 Å². The Kier molecular flexibility index (Phi) is 3.51. The number of anilines is 1. The molecule has 3 aromatic rings. The van der Waals surface area contributed by atoms with Gasteiger partial charge in [-0.05, 0) is 36.4 Å². The molecule has 0 aliphatic carbocycles. The zero-order chi connectivity index (χ0) is 15.4. The number of fused-ring (bicyclic) bond motifs is 1. The Balaban J connectivity index is 1.86. The fourth-order valence-corrected chi connectivity index (χ4v) is 1.94. The van der Waals surface area contributed by atoms with E-state index in [1.807, 2.05) is 36.4 Å². The van der Waals surface area contributed by atoms with E-state index in [2.05, 4.69) is 20.5 Å². The fourth-order valence-electron chi connectivity index (χ4n) is 1.94. The number of hydrogen-bond donors (Lipinski definition) is 2. The summed E-state index contributed by atoms with van der Waals surface area (Å²) in [5, 5.41) is 22.1. The first-order valence-corrected chi connectivity index (χ1v) is 6.49. The molecule has 0 aliphatic rings. The molecule has 0 saturated heterocycles. The van der Waals surface area contributed by atoms with Crippen LogP contribution in [0.2, 0.25) is 0 Å². The van der Waals surface area contributed by atoms with Crippen LogP contribution in [0.4, 0.5) is 5.69 Å². The number of hydrogen-bond acceptors (Lipinski definition) is 5. The number of nitriles is 2. The Hall–Kier alpha value is -3.64. The number of imidazole rings is 1. The number of rotatable bonds is 3. The Morgan fingerprint density at radius 2 is 1.86 bits per heavy atom. The van der Waals surface area contributed by atoms with Crippen molar-refractivity contribution in [1.29, 1.82) is 10.5 Å². The molecule has 0 unspecified atom stereocenters. The maximum absolute atomic E-state index is 9.24. The van der Waals surface area contributed by atoms with Crippen LogP contribution in [0.3, 0.4) is 0 Å². The highest BCUT2D eigenvalue weighted by molar-refractivity contribution is 6.10. The zero-order valence-electron chi connectivity index (χ0n) is 11.4. The third-order valence-electron chi connectivity index (χ3n) is 3.03. The Morgan fingerprint density at radius 1 is 1.09 bits per heavy atom. The number of para-hydroxylation sites is 2. The first kappa shape index (κ1) is 13.3. The van der Waals surface area contributed by atoms with Crippen molar-refractivity contribution in [3.63, 3.8) is 0 Å². The summed E-state index contributed by atoms with van der Waals surface area (Å²) in [5.74, 6) is 0.407. The Bertz CT molecular complexity index is 889. The van der Waals surface area contributed by atoms with Crippen LogP contribution >= 0.6 is 0 Å². The molecule has 1 aromatic heterocycles. The van der Waals surface area contributed by atoms with Gasteiger partial charge in [0.1, 0.15) is 6.07 Å². The minimum atomic E-state index is 0.153. The molecule has 0 fully saturated rings. The summed E-state index contributed by atoms with van der Waals surface area (Å²) in [5.41, 5.74) is 5.81. The van der Waals surface area contributed by atoms with Crippen LogP contribution in [-0.2, 0) is 0 Å². The fraction of sp³-hybridized carbons (Fsp3) is 0. The summed E-state index contributed by atoms with van der Waals surface area (Å²) < 4.78 is 0. The van der Waals surface area contributed by atoms with E-state index in [9.17, 15) is 5.26 Å². The molecule has 0 atom stereocenters. The largest absolute Gasteiger partial charge is 0.336 e. The van der Waals surface area contributed by atoms with Gasteiger partial charge in [-0.2, -0.15) is 15.6 Å². The number of nitrogens with zero attached hydrogens (tertiary/aromatic N) is 4. The minimum absolute atomic E-state index is 0.153. The van der Waals surface area contributed by atoms with E-state index in [1.54, 1.807) is 24.3 Å². The molecule has 0 spiro atoms. The number of H-pyrrole nitrogens is 1. The lowest BCUT2D eigenvalue weighted by molar-refractivity contribution is 1.25. The second kappa shape index (κ2) is 5.78. The predicted molar refractivity (Wildman–Crippen MR) is 83.0 cm³/mol. The second-order valence-electron chi connectivity index (χ2n) is 4.48. The quantitative estimate of drug-likeness (QED) is 0.571. The number of aromatic amines is 1. The molecule has 2 aromatic carbocycles. The molecule has 3 rings (SSSR count). The summed E-state index contributed by atoms with van der Waals surface area (Å²) in [4.78, 5) is 7.39. The van der Waals surface area contributed by atoms with Crippen LogP contribution in [0.25, 0.3) is 11.0 Å². The average Bonchev–Trinajstić information content (AvgIpc) is 3.00. The normalized spacial score (nSPS) is 10.9. The number of nitrogens with one attached hydrogen (secondary N) is 2. The summed E-state index contributed by atoms with van der Waals surface area (Å²) >= 11 is 0. The number of aromatic nitrogens is 2. The van der Waals surface area contributed by atoms with Crippen molar-refractivity contribution in [2.24, 2.45) is 5.10 Å². The predicted octanol–water partition coefficient (Wildman–Crippen LogP) is 2.77.